The molecule has 1 rings (SSSR count). The molecular weight excluding hydrogens is 202 g/mol. The number of aromatic nitrogens is 2. The second-order valence-electron chi connectivity index (χ2n) is 2.84. The van der Waals surface area contributed by atoms with Crippen LogP contribution in [0.4, 0.5) is 0 Å². The fraction of sp³-hybridized carbons (Fsp3) is 0.375. The van der Waals surface area contributed by atoms with E-state index in [1.807, 2.05) is 0 Å². The summed E-state index contributed by atoms with van der Waals surface area (Å²) in [6, 6.07) is 1.68. The molecule has 0 aliphatic carbocycles. The summed E-state index contributed by atoms with van der Waals surface area (Å²) in [4.78, 5) is 22.0. The standard InChI is InChI=1S/C8H11N3O4/c12-3-5(4-13)9-8(15)6-1-2-7(14)11-10-6/h1-2,5,12-13H,3-4H2,(H,9,15)(H,11,14). The summed E-state index contributed by atoms with van der Waals surface area (Å²) in [5, 5.41) is 25.3. The van der Waals surface area contributed by atoms with Crippen LogP contribution in [0.3, 0.4) is 0 Å². The Labute approximate surface area is 84.8 Å². The maximum absolute atomic E-state index is 11.4. The van der Waals surface area contributed by atoms with Crippen LogP contribution in [-0.4, -0.2) is 45.6 Å². The van der Waals surface area contributed by atoms with Crippen LogP contribution in [0.2, 0.25) is 0 Å². The molecule has 0 spiro atoms. The first-order valence-electron chi connectivity index (χ1n) is 4.25. The van der Waals surface area contributed by atoms with E-state index >= 15 is 0 Å². The van der Waals surface area contributed by atoms with Crippen LogP contribution in [-0.2, 0) is 0 Å². The summed E-state index contributed by atoms with van der Waals surface area (Å²) in [5.74, 6) is -0.570. The quantitative estimate of drug-likeness (QED) is 0.455. The number of amides is 1. The summed E-state index contributed by atoms with van der Waals surface area (Å²) < 4.78 is 0. The minimum Gasteiger partial charge on any atom is -0.394 e. The van der Waals surface area contributed by atoms with Crippen molar-refractivity contribution in [3.8, 4) is 0 Å². The summed E-state index contributed by atoms with van der Waals surface area (Å²) in [6.45, 7) is -0.739. The van der Waals surface area contributed by atoms with Crippen molar-refractivity contribution in [2.45, 2.75) is 6.04 Å². The van der Waals surface area contributed by atoms with Gasteiger partial charge in [0.05, 0.1) is 19.3 Å². The zero-order valence-electron chi connectivity index (χ0n) is 7.80. The van der Waals surface area contributed by atoms with E-state index in [1.54, 1.807) is 0 Å². The van der Waals surface area contributed by atoms with Gasteiger partial charge in [-0.1, -0.05) is 0 Å². The third kappa shape index (κ3) is 3.15. The van der Waals surface area contributed by atoms with Gasteiger partial charge in [-0.3, -0.25) is 9.59 Å². The fourth-order valence-electron chi connectivity index (χ4n) is 0.879. The molecule has 15 heavy (non-hydrogen) atoms. The molecular formula is C8H11N3O4. The Hall–Kier alpha value is -1.73. The Balaban J connectivity index is 2.68. The lowest BCUT2D eigenvalue weighted by Gasteiger charge is -2.12. The first-order valence-corrected chi connectivity index (χ1v) is 4.25. The van der Waals surface area contributed by atoms with Crippen LogP contribution in [0.5, 0.6) is 0 Å². The number of hydrogen-bond donors (Lipinski definition) is 4. The first-order chi connectivity index (χ1) is 7.17. The number of hydrogen-bond acceptors (Lipinski definition) is 5. The minimum atomic E-state index is -0.730. The molecule has 0 fully saturated rings. The third-order valence-corrected chi connectivity index (χ3v) is 1.69. The lowest BCUT2D eigenvalue weighted by Crippen LogP contribution is -2.40. The molecule has 1 aromatic rings. The monoisotopic (exact) mass is 213 g/mol. The van der Waals surface area contributed by atoms with Gasteiger partial charge in [0.2, 0.25) is 0 Å². The topological polar surface area (TPSA) is 115 Å². The molecule has 0 aliphatic heterocycles. The van der Waals surface area contributed by atoms with Crippen LogP contribution >= 0.6 is 0 Å². The second kappa shape index (κ2) is 5.23. The fourth-order valence-corrected chi connectivity index (χ4v) is 0.879. The van der Waals surface area contributed by atoms with Crippen molar-refractivity contribution >= 4 is 5.91 Å². The molecule has 0 saturated carbocycles. The number of carbonyl (C=O) groups excluding carboxylic acids is 1. The number of rotatable bonds is 4. The molecule has 0 saturated heterocycles. The van der Waals surface area contributed by atoms with Crippen molar-refractivity contribution in [2.24, 2.45) is 0 Å². The van der Waals surface area contributed by atoms with E-state index in [0.717, 1.165) is 6.07 Å². The highest BCUT2D eigenvalue weighted by molar-refractivity contribution is 5.92. The summed E-state index contributed by atoms with van der Waals surface area (Å²) in [5.41, 5.74) is -0.395. The van der Waals surface area contributed by atoms with E-state index in [2.05, 4.69) is 15.5 Å². The summed E-state index contributed by atoms with van der Waals surface area (Å²) in [7, 11) is 0. The van der Waals surface area contributed by atoms with Gasteiger partial charge in [0, 0.05) is 6.07 Å². The SMILES string of the molecule is O=C(NC(CO)CO)c1ccc(=O)[nH]n1. The molecule has 4 N–H and O–H groups in total. The number of aromatic amines is 1. The molecule has 0 atom stereocenters. The lowest BCUT2D eigenvalue weighted by molar-refractivity contribution is 0.0873. The number of nitrogens with one attached hydrogen (secondary N) is 2. The molecule has 0 aromatic carbocycles. The van der Waals surface area contributed by atoms with E-state index in [-0.39, 0.29) is 18.9 Å². The van der Waals surface area contributed by atoms with E-state index in [1.165, 1.54) is 6.07 Å². The predicted octanol–water partition coefficient (Wildman–Crippen LogP) is -2.15. The second-order valence-corrected chi connectivity index (χ2v) is 2.84. The Morgan fingerprint density at radius 1 is 1.47 bits per heavy atom. The average molecular weight is 213 g/mol. The number of nitrogens with zero attached hydrogens (tertiary/aromatic N) is 1. The van der Waals surface area contributed by atoms with Crippen molar-refractivity contribution < 1.29 is 15.0 Å². The Bertz CT molecular complexity index is 365. The maximum Gasteiger partial charge on any atom is 0.272 e. The van der Waals surface area contributed by atoms with Gasteiger partial charge in [-0.05, 0) is 6.07 Å². The van der Waals surface area contributed by atoms with Crippen molar-refractivity contribution in [1.29, 1.82) is 0 Å². The van der Waals surface area contributed by atoms with Crippen molar-refractivity contribution in [2.75, 3.05) is 13.2 Å². The van der Waals surface area contributed by atoms with Gasteiger partial charge >= 0.3 is 0 Å². The van der Waals surface area contributed by atoms with E-state index < -0.39 is 17.5 Å². The summed E-state index contributed by atoms with van der Waals surface area (Å²) in [6.07, 6.45) is 0. The molecule has 7 nitrogen and oxygen atoms in total. The Morgan fingerprint density at radius 2 is 2.13 bits per heavy atom. The highest BCUT2D eigenvalue weighted by Gasteiger charge is 2.12. The van der Waals surface area contributed by atoms with Crippen molar-refractivity contribution in [3.63, 3.8) is 0 Å². The molecule has 0 unspecified atom stereocenters. The van der Waals surface area contributed by atoms with Gasteiger partial charge in [0.1, 0.15) is 5.69 Å². The van der Waals surface area contributed by atoms with Gasteiger partial charge in [-0.15, -0.1) is 0 Å². The molecule has 0 aliphatic rings. The van der Waals surface area contributed by atoms with E-state index in [0.29, 0.717) is 0 Å². The molecule has 0 bridgehead atoms. The number of H-pyrrole nitrogens is 1. The molecule has 7 heteroatoms. The first kappa shape index (κ1) is 11.3. The van der Waals surface area contributed by atoms with Crippen LogP contribution in [0, 0.1) is 0 Å². The van der Waals surface area contributed by atoms with Gasteiger partial charge < -0.3 is 15.5 Å². The smallest absolute Gasteiger partial charge is 0.272 e. The highest BCUT2D eigenvalue weighted by atomic mass is 16.3. The zero-order valence-corrected chi connectivity index (χ0v) is 7.80. The van der Waals surface area contributed by atoms with Gasteiger partial charge in [-0.25, -0.2) is 5.10 Å². The highest BCUT2D eigenvalue weighted by Crippen LogP contribution is 1.90. The van der Waals surface area contributed by atoms with Crippen molar-refractivity contribution in [1.82, 2.24) is 15.5 Å². The number of aliphatic hydroxyl groups excluding tert-OH is 2. The average Bonchev–Trinajstić information content (AvgIpc) is 2.26. The number of carbonyl (C=O) groups is 1. The largest absolute Gasteiger partial charge is 0.394 e. The molecule has 1 aromatic heterocycles. The van der Waals surface area contributed by atoms with Gasteiger partial charge in [0.15, 0.2) is 0 Å². The maximum atomic E-state index is 11.4. The molecule has 1 heterocycles. The van der Waals surface area contributed by atoms with Crippen LogP contribution in [0.25, 0.3) is 0 Å². The number of aliphatic hydroxyl groups is 2. The van der Waals surface area contributed by atoms with Crippen LogP contribution in [0.15, 0.2) is 16.9 Å². The third-order valence-electron chi connectivity index (χ3n) is 1.69. The lowest BCUT2D eigenvalue weighted by atomic mass is 10.3. The van der Waals surface area contributed by atoms with Crippen LogP contribution < -0.4 is 10.9 Å². The van der Waals surface area contributed by atoms with E-state index in [4.69, 9.17) is 10.2 Å². The van der Waals surface area contributed by atoms with E-state index in [9.17, 15) is 9.59 Å². The minimum absolute atomic E-state index is 0.0153. The van der Waals surface area contributed by atoms with Gasteiger partial charge in [0.25, 0.3) is 11.5 Å². The normalized spacial score (nSPS) is 10.3. The molecule has 82 valence electrons. The Morgan fingerprint density at radius 3 is 2.60 bits per heavy atom. The molecule has 1 amide bonds. The predicted molar refractivity (Wildman–Crippen MR) is 50.3 cm³/mol. The van der Waals surface area contributed by atoms with Crippen molar-refractivity contribution in [3.05, 3.63) is 28.2 Å². The van der Waals surface area contributed by atoms with Crippen LogP contribution in [0.1, 0.15) is 10.5 Å². The molecule has 0 radical (unpaired) electrons. The summed E-state index contributed by atoms with van der Waals surface area (Å²) >= 11 is 0. The van der Waals surface area contributed by atoms with Gasteiger partial charge in [-0.2, -0.15) is 5.10 Å². The Kier molecular flexibility index (Phi) is 3.95. The zero-order chi connectivity index (χ0) is 11.3.